The fourth-order valence-electron chi connectivity index (χ4n) is 2.78. The normalized spacial score (nSPS) is 22.7. The molecule has 0 radical (unpaired) electrons. The summed E-state index contributed by atoms with van der Waals surface area (Å²) in [5, 5.41) is 9.42. The van der Waals surface area contributed by atoms with E-state index in [9.17, 15) is 9.90 Å². The molecule has 0 aromatic heterocycles. The van der Waals surface area contributed by atoms with Crippen LogP contribution in [0.1, 0.15) is 52.4 Å². The number of amides is 1. The van der Waals surface area contributed by atoms with Crippen molar-refractivity contribution in [1.82, 2.24) is 4.90 Å². The third-order valence-corrected chi connectivity index (χ3v) is 4.09. The zero-order valence-electron chi connectivity index (χ0n) is 11.5. The zero-order valence-corrected chi connectivity index (χ0v) is 11.5. The molecule has 1 N–H and O–H groups in total. The average Bonchev–Trinajstić information content (AvgIpc) is 2.24. The molecule has 0 bridgehead atoms. The van der Waals surface area contributed by atoms with Crippen LogP contribution in [0, 0.1) is 5.92 Å². The quantitative estimate of drug-likeness (QED) is 0.843. The van der Waals surface area contributed by atoms with Crippen LogP contribution in [-0.2, 0) is 4.74 Å². The van der Waals surface area contributed by atoms with Crippen LogP contribution in [0.4, 0.5) is 4.79 Å². The fraction of sp³-hybridized carbons (Fsp3) is 0.929. The molecular formula is C14H25NO3. The number of carbonyl (C=O) groups excluding carboxylic acids is 1. The van der Waals surface area contributed by atoms with Crippen molar-refractivity contribution in [1.29, 1.82) is 0 Å². The molecular weight excluding hydrogens is 230 g/mol. The minimum Gasteiger partial charge on any atom is -0.443 e. The first-order chi connectivity index (χ1) is 8.46. The van der Waals surface area contributed by atoms with Gasteiger partial charge in [-0.2, -0.15) is 0 Å². The Morgan fingerprint density at radius 3 is 2.39 bits per heavy atom. The second kappa shape index (κ2) is 5.47. The molecule has 2 fully saturated rings. The summed E-state index contributed by atoms with van der Waals surface area (Å²) in [6.45, 7) is 5.23. The number of rotatable bonds is 3. The average molecular weight is 255 g/mol. The van der Waals surface area contributed by atoms with Crippen molar-refractivity contribution in [2.75, 3.05) is 13.1 Å². The van der Waals surface area contributed by atoms with Gasteiger partial charge in [-0.25, -0.2) is 4.79 Å². The van der Waals surface area contributed by atoms with Gasteiger partial charge in [0.2, 0.25) is 0 Å². The molecule has 18 heavy (non-hydrogen) atoms. The molecule has 1 saturated heterocycles. The van der Waals surface area contributed by atoms with Crippen molar-refractivity contribution in [3.63, 3.8) is 0 Å². The third-order valence-electron chi connectivity index (χ3n) is 4.09. The van der Waals surface area contributed by atoms with Crippen LogP contribution in [0.15, 0.2) is 0 Å². The molecule has 2 aliphatic rings. The van der Waals surface area contributed by atoms with Crippen molar-refractivity contribution in [2.45, 2.75) is 64.1 Å². The Kier molecular flexibility index (Phi) is 4.15. The van der Waals surface area contributed by atoms with Crippen LogP contribution in [0.3, 0.4) is 0 Å². The molecule has 0 aromatic carbocycles. The maximum atomic E-state index is 12.0. The van der Waals surface area contributed by atoms with Gasteiger partial charge in [0.15, 0.2) is 0 Å². The Labute approximate surface area is 109 Å². The Morgan fingerprint density at radius 1 is 1.28 bits per heavy atom. The summed E-state index contributed by atoms with van der Waals surface area (Å²) in [5.41, 5.74) is -0.363. The van der Waals surface area contributed by atoms with Gasteiger partial charge in [-0.15, -0.1) is 0 Å². The number of aliphatic hydroxyl groups excluding tert-OH is 1. The van der Waals surface area contributed by atoms with E-state index in [1.807, 2.05) is 13.8 Å². The Hall–Kier alpha value is -0.770. The maximum Gasteiger partial charge on any atom is 0.410 e. The van der Waals surface area contributed by atoms with Gasteiger partial charge in [-0.1, -0.05) is 19.3 Å². The summed E-state index contributed by atoms with van der Waals surface area (Å²) in [5.74, 6) is 0.732. The monoisotopic (exact) mass is 255 g/mol. The largest absolute Gasteiger partial charge is 0.443 e. The molecule has 1 amide bonds. The van der Waals surface area contributed by atoms with E-state index in [0.717, 1.165) is 12.3 Å². The number of ether oxygens (including phenoxy) is 1. The highest BCUT2D eigenvalue weighted by Crippen LogP contribution is 2.35. The van der Waals surface area contributed by atoms with Gasteiger partial charge in [0.25, 0.3) is 0 Å². The van der Waals surface area contributed by atoms with Crippen LogP contribution in [0.5, 0.6) is 0 Å². The second-order valence-electron chi connectivity index (χ2n) is 6.35. The molecule has 0 unspecified atom stereocenters. The zero-order chi connectivity index (χ0) is 13.2. The number of carbonyl (C=O) groups is 1. The molecule has 1 aliphatic heterocycles. The van der Waals surface area contributed by atoms with E-state index in [-0.39, 0.29) is 17.8 Å². The Balaban J connectivity index is 1.78. The number of hydrogen-bond donors (Lipinski definition) is 1. The predicted octanol–water partition coefficient (Wildman–Crippen LogP) is 2.55. The van der Waals surface area contributed by atoms with Gasteiger partial charge in [0, 0.05) is 13.1 Å². The van der Waals surface area contributed by atoms with Gasteiger partial charge < -0.3 is 14.7 Å². The van der Waals surface area contributed by atoms with Crippen LogP contribution < -0.4 is 0 Å². The molecule has 0 spiro atoms. The van der Waals surface area contributed by atoms with E-state index in [2.05, 4.69) is 0 Å². The van der Waals surface area contributed by atoms with Crippen LogP contribution >= 0.6 is 0 Å². The van der Waals surface area contributed by atoms with Crippen molar-refractivity contribution >= 4 is 6.09 Å². The summed E-state index contributed by atoms with van der Waals surface area (Å²) < 4.78 is 5.62. The summed E-state index contributed by atoms with van der Waals surface area (Å²) >= 11 is 0. The Bertz CT molecular complexity index is 291. The number of hydrogen-bond acceptors (Lipinski definition) is 3. The van der Waals surface area contributed by atoms with E-state index in [1.165, 1.54) is 19.3 Å². The summed E-state index contributed by atoms with van der Waals surface area (Å²) in [6.07, 6.45) is 5.70. The summed E-state index contributed by atoms with van der Waals surface area (Å²) in [7, 11) is 0. The third kappa shape index (κ3) is 3.61. The molecule has 4 heteroatoms. The highest BCUT2D eigenvalue weighted by Gasteiger charge is 2.32. The van der Waals surface area contributed by atoms with Crippen molar-refractivity contribution in [2.24, 2.45) is 5.92 Å². The van der Waals surface area contributed by atoms with Gasteiger partial charge >= 0.3 is 6.09 Å². The summed E-state index contributed by atoms with van der Waals surface area (Å²) in [6, 6.07) is 0. The maximum absolute atomic E-state index is 12.0. The molecule has 0 aromatic rings. The van der Waals surface area contributed by atoms with Crippen molar-refractivity contribution < 1.29 is 14.6 Å². The number of likely N-dealkylation sites (tertiary alicyclic amines) is 1. The van der Waals surface area contributed by atoms with E-state index >= 15 is 0 Å². The molecule has 1 saturated carbocycles. The standard InChI is InChI=1S/C14H25NO3/c1-14(2,10-11-4-3-5-11)18-13(17)15-8-6-12(16)7-9-15/h11-12,16H,3-10H2,1-2H3. The topological polar surface area (TPSA) is 49.8 Å². The van der Waals surface area contributed by atoms with Gasteiger partial charge in [-0.05, 0) is 39.0 Å². The molecule has 0 atom stereocenters. The van der Waals surface area contributed by atoms with Crippen molar-refractivity contribution in [3.05, 3.63) is 0 Å². The van der Waals surface area contributed by atoms with Crippen LogP contribution in [-0.4, -0.2) is 40.9 Å². The number of nitrogens with zero attached hydrogens (tertiary/aromatic N) is 1. The highest BCUT2D eigenvalue weighted by molar-refractivity contribution is 5.68. The van der Waals surface area contributed by atoms with Gasteiger partial charge in [-0.3, -0.25) is 0 Å². The smallest absolute Gasteiger partial charge is 0.410 e. The summed E-state index contributed by atoms with van der Waals surface area (Å²) in [4.78, 5) is 13.7. The fourth-order valence-corrected chi connectivity index (χ4v) is 2.78. The van der Waals surface area contributed by atoms with E-state index < -0.39 is 0 Å². The van der Waals surface area contributed by atoms with Crippen LogP contribution in [0.2, 0.25) is 0 Å². The van der Waals surface area contributed by atoms with Gasteiger partial charge in [0.1, 0.15) is 5.60 Å². The second-order valence-corrected chi connectivity index (χ2v) is 6.35. The number of piperidine rings is 1. The first kappa shape index (κ1) is 13.7. The van der Waals surface area contributed by atoms with Crippen molar-refractivity contribution in [3.8, 4) is 0 Å². The molecule has 4 nitrogen and oxygen atoms in total. The molecule has 1 heterocycles. The number of aliphatic hydroxyl groups is 1. The molecule has 1 aliphatic carbocycles. The van der Waals surface area contributed by atoms with E-state index in [4.69, 9.17) is 4.74 Å². The van der Waals surface area contributed by atoms with E-state index in [1.54, 1.807) is 4.90 Å². The lowest BCUT2D eigenvalue weighted by molar-refractivity contribution is -0.0172. The molecule has 2 rings (SSSR count). The lowest BCUT2D eigenvalue weighted by Crippen LogP contribution is -2.44. The highest BCUT2D eigenvalue weighted by atomic mass is 16.6. The molecule has 104 valence electrons. The Morgan fingerprint density at radius 2 is 1.89 bits per heavy atom. The van der Waals surface area contributed by atoms with Gasteiger partial charge in [0.05, 0.1) is 6.10 Å². The SMILES string of the molecule is CC(C)(CC1CCC1)OC(=O)N1CCC(O)CC1. The predicted molar refractivity (Wildman–Crippen MR) is 69.3 cm³/mol. The lowest BCUT2D eigenvalue weighted by atomic mass is 9.78. The lowest BCUT2D eigenvalue weighted by Gasteiger charge is -2.36. The first-order valence-corrected chi connectivity index (χ1v) is 7.12. The minimum atomic E-state index is -0.363. The van der Waals surface area contributed by atoms with E-state index in [0.29, 0.717) is 25.9 Å². The van der Waals surface area contributed by atoms with Crippen LogP contribution in [0.25, 0.3) is 0 Å². The minimum absolute atomic E-state index is 0.216. The first-order valence-electron chi connectivity index (χ1n) is 7.12.